The summed E-state index contributed by atoms with van der Waals surface area (Å²) in [7, 11) is 0. The third kappa shape index (κ3) is 4.77. The number of hydrogen-bond acceptors (Lipinski definition) is 0. The van der Waals surface area contributed by atoms with E-state index < -0.39 is 0 Å². The molecule has 0 bridgehead atoms. The van der Waals surface area contributed by atoms with Gasteiger partial charge in [-0.2, -0.15) is 0 Å². The van der Waals surface area contributed by atoms with Crippen molar-refractivity contribution < 1.29 is 0 Å². The van der Waals surface area contributed by atoms with E-state index in [2.05, 4.69) is 37.3 Å². The van der Waals surface area contributed by atoms with Gasteiger partial charge in [0, 0.05) is 0 Å². The molecule has 1 aliphatic carbocycles. The fourth-order valence-corrected chi connectivity index (χ4v) is 4.13. The van der Waals surface area contributed by atoms with Crippen molar-refractivity contribution >= 4 is 23.2 Å². The van der Waals surface area contributed by atoms with Crippen molar-refractivity contribution in [3.63, 3.8) is 0 Å². The molecule has 24 heavy (non-hydrogen) atoms. The van der Waals surface area contributed by atoms with Crippen LogP contribution in [0, 0.1) is 5.92 Å². The molecule has 0 N–H and O–H groups in total. The van der Waals surface area contributed by atoms with E-state index in [0.29, 0.717) is 10.0 Å². The smallest absolute Gasteiger partial charge is 0.0595 e. The summed E-state index contributed by atoms with van der Waals surface area (Å²) in [6.45, 7) is 2.38. The van der Waals surface area contributed by atoms with Crippen LogP contribution in [0.15, 0.2) is 42.5 Å². The fourth-order valence-electron chi connectivity index (χ4n) is 3.81. The van der Waals surface area contributed by atoms with Gasteiger partial charge in [-0.1, -0.05) is 67.9 Å². The zero-order valence-electron chi connectivity index (χ0n) is 13.7. The van der Waals surface area contributed by atoms with Gasteiger partial charge < -0.3 is 0 Å². The summed E-state index contributed by atoms with van der Waals surface area (Å²) < 4.78 is 0. The highest BCUT2D eigenvalue weighted by Gasteiger charge is 2.21. The van der Waals surface area contributed by atoms with Crippen LogP contribution in [-0.4, -0.2) is 0 Å². The lowest BCUT2D eigenvalue weighted by atomic mass is 9.77. The molecule has 0 amide bonds. The van der Waals surface area contributed by atoms with E-state index in [1.165, 1.54) is 37.7 Å². The normalized spacial score (nSPS) is 17.7. The van der Waals surface area contributed by atoms with Crippen LogP contribution in [0.4, 0.5) is 0 Å². The van der Waals surface area contributed by atoms with Crippen molar-refractivity contribution in [2.24, 2.45) is 5.92 Å². The molecule has 0 saturated heterocycles. The third-order valence-corrected chi connectivity index (χ3v) is 5.83. The van der Waals surface area contributed by atoms with E-state index in [-0.39, 0.29) is 7.43 Å². The minimum absolute atomic E-state index is 0. The zero-order valence-corrected chi connectivity index (χ0v) is 15.2. The quantitative estimate of drug-likeness (QED) is 0.510. The van der Waals surface area contributed by atoms with Gasteiger partial charge in [0.1, 0.15) is 0 Å². The Hall–Kier alpha value is -0.980. The average molecular weight is 363 g/mol. The van der Waals surface area contributed by atoms with Gasteiger partial charge in [0.25, 0.3) is 0 Å². The van der Waals surface area contributed by atoms with Crippen LogP contribution in [-0.2, 0) is 12.8 Å². The minimum atomic E-state index is 0. The predicted octanol–water partition coefficient (Wildman–Crippen LogP) is 7.71. The van der Waals surface area contributed by atoms with Crippen LogP contribution < -0.4 is 0 Å². The van der Waals surface area contributed by atoms with Crippen molar-refractivity contribution in [2.75, 3.05) is 0 Å². The highest BCUT2D eigenvalue weighted by Crippen LogP contribution is 2.36. The Balaban J connectivity index is 0.00000208. The van der Waals surface area contributed by atoms with Gasteiger partial charge in [-0.3, -0.25) is 0 Å². The summed E-state index contributed by atoms with van der Waals surface area (Å²) in [4.78, 5) is 0. The van der Waals surface area contributed by atoms with Crippen LogP contribution in [0.25, 0.3) is 0 Å². The lowest BCUT2D eigenvalue weighted by Gasteiger charge is -2.27. The highest BCUT2D eigenvalue weighted by molar-refractivity contribution is 6.42. The van der Waals surface area contributed by atoms with E-state index >= 15 is 0 Å². The Bertz CT molecular complexity index is 663. The largest absolute Gasteiger partial charge is 0.0827 e. The molecule has 3 rings (SSSR count). The van der Waals surface area contributed by atoms with Crippen LogP contribution in [0.2, 0.25) is 10.0 Å². The molecular formula is C22H28Cl2. The maximum Gasteiger partial charge on any atom is 0.0595 e. The molecule has 0 fully saturated rings. The molecule has 130 valence electrons. The van der Waals surface area contributed by atoms with Crippen LogP contribution in [0.5, 0.6) is 0 Å². The number of hydrogen-bond donors (Lipinski definition) is 0. The average Bonchev–Trinajstić information content (AvgIpc) is 2.56. The molecule has 0 heterocycles. The molecule has 2 heteroatoms. The van der Waals surface area contributed by atoms with Crippen molar-refractivity contribution in [3.05, 3.63) is 69.2 Å². The molecule has 2 aromatic carbocycles. The summed E-state index contributed by atoms with van der Waals surface area (Å²) >= 11 is 12.1. The van der Waals surface area contributed by atoms with Crippen LogP contribution >= 0.6 is 23.2 Å². The molecule has 0 spiro atoms. The maximum atomic E-state index is 6.11. The van der Waals surface area contributed by atoms with E-state index in [4.69, 9.17) is 23.2 Å². The Kier molecular flexibility index (Phi) is 7.19. The van der Waals surface area contributed by atoms with E-state index in [0.717, 1.165) is 18.3 Å². The molecule has 0 aliphatic heterocycles. The van der Waals surface area contributed by atoms with Gasteiger partial charge in [0.15, 0.2) is 0 Å². The highest BCUT2D eigenvalue weighted by atomic mass is 35.5. The van der Waals surface area contributed by atoms with Gasteiger partial charge in [-0.05, 0) is 79.2 Å². The lowest BCUT2D eigenvalue weighted by molar-refractivity contribution is 0.406. The van der Waals surface area contributed by atoms with E-state index in [9.17, 15) is 0 Å². The summed E-state index contributed by atoms with van der Waals surface area (Å²) in [6, 6.07) is 15.0. The first-order valence-corrected chi connectivity index (χ1v) is 9.41. The van der Waals surface area contributed by atoms with Gasteiger partial charge in [0.2, 0.25) is 0 Å². The van der Waals surface area contributed by atoms with Crippen molar-refractivity contribution in [1.82, 2.24) is 0 Å². The second-order valence-corrected chi connectivity index (χ2v) is 7.73. The van der Waals surface area contributed by atoms with E-state index in [1.807, 2.05) is 12.1 Å². The summed E-state index contributed by atoms with van der Waals surface area (Å²) in [5, 5.41) is 1.31. The second-order valence-electron chi connectivity index (χ2n) is 6.92. The van der Waals surface area contributed by atoms with Crippen LogP contribution in [0.3, 0.4) is 0 Å². The summed E-state index contributed by atoms with van der Waals surface area (Å²) in [5.41, 5.74) is 4.45. The summed E-state index contributed by atoms with van der Waals surface area (Å²) in [6.07, 6.45) is 7.50. The van der Waals surface area contributed by atoms with Crippen LogP contribution in [0.1, 0.15) is 62.6 Å². The Morgan fingerprint density at radius 1 is 1.08 bits per heavy atom. The number of benzene rings is 2. The molecule has 2 aromatic rings. The number of aryl methyl sites for hydroxylation is 2. The maximum absolute atomic E-state index is 6.11. The number of halogens is 2. The first-order valence-electron chi connectivity index (χ1n) is 8.65. The number of fused-ring (bicyclic) bond motifs is 1. The molecule has 2 unspecified atom stereocenters. The van der Waals surface area contributed by atoms with Crippen molar-refractivity contribution in [1.29, 1.82) is 0 Å². The number of rotatable bonds is 5. The monoisotopic (exact) mass is 362 g/mol. The fraction of sp³-hybridized carbons (Fsp3) is 0.455. The topological polar surface area (TPSA) is 0 Å². The molecule has 0 aromatic heterocycles. The van der Waals surface area contributed by atoms with Gasteiger partial charge in [0.05, 0.1) is 10.0 Å². The molecule has 0 saturated carbocycles. The van der Waals surface area contributed by atoms with Gasteiger partial charge in [-0.25, -0.2) is 0 Å². The molecule has 0 nitrogen and oxygen atoms in total. The SMILES string of the molecule is C.CC(CCc1ccc(Cl)c(Cl)c1)CC1CCCc2ccccc21. The third-order valence-electron chi connectivity index (χ3n) is 5.09. The van der Waals surface area contributed by atoms with Crippen molar-refractivity contribution in [2.45, 2.75) is 58.8 Å². The minimum Gasteiger partial charge on any atom is -0.0827 e. The first-order chi connectivity index (χ1) is 11.1. The Morgan fingerprint density at radius 3 is 2.67 bits per heavy atom. The molecule has 1 aliphatic rings. The Labute approximate surface area is 157 Å². The lowest BCUT2D eigenvalue weighted by Crippen LogP contribution is -2.13. The van der Waals surface area contributed by atoms with Gasteiger partial charge in [-0.15, -0.1) is 0 Å². The Morgan fingerprint density at radius 2 is 1.88 bits per heavy atom. The van der Waals surface area contributed by atoms with Gasteiger partial charge >= 0.3 is 0 Å². The molecule has 0 radical (unpaired) electrons. The molecular weight excluding hydrogens is 335 g/mol. The second kappa shape index (κ2) is 8.92. The first kappa shape index (κ1) is 19.3. The standard InChI is InChI=1S/C21H24Cl2.CH4/c1-15(9-10-16-11-12-20(22)21(23)14-16)13-18-7-4-6-17-5-2-3-8-19(17)18;/h2-3,5,8,11-12,14-15,18H,4,6-7,9-10,13H2,1H3;1H4. The predicted molar refractivity (Wildman–Crippen MR) is 107 cm³/mol. The summed E-state index contributed by atoms with van der Waals surface area (Å²) in [5.74, 6) is 1.46. The van der Waals surface area contributed by atoms with Crippen molar-refractivity contribution in [3.8, 4) is 0 Å². The molecule has 2 atom stereocenters. The zero-order chi connectivity index (χ0) is 16.2. The van der Waals surface area contributed by atoms with E-state index in [1.54, 1.807) is 11.1 Å².